The Labute approximate surface area is 102 Å². The normalized spacial score (nSPS) is 14.9. The van der Waals surface area contributed by atoms with Gasteiger partial charge in [0.15, 0.2) is 0 Å². The SMILES string of the molecule is Brc1ccc2c(ccn2N2C=NC=CC2)c1. The lowest BCUT2D eigenvalue weighted by atomic mass is 10.2. The molecular formula is C12H10BrN3. The first-order chi connectivity index (χ1) is 7.84. The molecule has 0 aliphatic carbocycles. The van der Waals surface area contributed by atoms with E-state index < -0.39 is 0 Å². The van der Waals surface area contributed by atoms with Crippen molar-refractivity contribution in [3.8, 4) is 0 Å². The van der Waals surface area contributed by atoms with Crippen molar-refractivity contribution in [2.45, 2.75) is 0 Å². The molecule has 0 fully saturated rings. The molecule has 0 atom stereocenters. The first kappa shape index (κ1) is 9.66. The smallest absolute Gasteiger partial charge is 0.110 e. The molecule has 1 aromatic heterocycles. The zero-order valence-electron chi connectivity index (χ0n) is 8.55. The Bertz CT molecular complexity index is 583. The van der Waals surface area contributed by atoms with Gasteiger partial charge in [0.2, 0.25) is 0 Å². The van der Waals surface area contributed by atoms with Crippen LogP contribution in [0.3, 0.4) is 0 Å². The van der Waals surface area contributed by atoms with Gasteiger partial charge in [0.1, 0.15) is 6.34 Å². The monoisotopic (exact) mass is 275 g/mol. The van der Waals surface area contributed by atoms with Crippen LogP contribution in [0.25, 0.3) is 10.9 Å². The highest BCUT2D eigenvalue weighted by Gasteiger charge is 2.07. The van der Waals surface area contributed by atoms with Crippen molar-refractivity contribution in [1.29, 1.82) is 0 Å². The third-order valence-electron chi connectivity index (χ3n) is 2.59. The fourth-order valence-corrected chi connectivity index (χ4v) is 2.22. The van der Waals surface area contributed by atoms with Gasteiger partial charge in [-0.15, -0.1) is 0 Å². The van der Waals surface area contributed by atoms with E-state index in [1.165, 1.54) is 10.9 Å². The second-order valence-corrected chi connectivity index (χ2v) is 4.55. The Kier molecular flexibility index (Phi) is 2.29. The second kappa shape index (κ2) is 3.79. The highest BCUT2D eigenvalue weighted by Crippen LogP contribution is 2.21. The minimum Gasteiger partial charge on any atom is -0.266 e. The minimum atomic E-state index is 0.851. The molecule has 4 heteroatoms. The molecular weight excluding hydrogens is 266 g/mol. The number of benzene rings is 1. The quantitative estimate of drug-likeness (QED) is 0.784. The summed E-state index contributed by atoms with van der Waals surface area (Å²) in [7, 11) is 0. The molecule has 0 bridgehead atoms. The lowest BCUT2D eigenvalue weighted by molar-refractivity contribution is 0.794. The largest absolute Gasteiger partial charge is 0.266 e. The molecule has 2 aromatic rings. The summed E-state index contributed by atoms with van der Waals surface area (Å²) in [6, 6.07) is 8.37. The molecule has 16 heavy (non-hydrogen) atoms. The Hall–Kier alpha value is -1.55. The first-order valence-electron chi connectivity index (χ1n) is 5.06. The van der Waals surface area contributed by atoms with E-state index in [9.17, 15) is 0 Å². The maximum atomic E-state index is 4.13. The van der Waals surface area contributed by atoms with Crippen LogP contribution in [-0.4, -0.2) is 17.6 Å². The van der Waals surface area contributed by atoms with Gasteiger partial charge in [0.05, 0.1) is 12.1 Å². The summed E-state index contributed by atoms with van der Waals surface area (Å²) in [4.78, 5) is 4.13. The van der Waals surface area contributed by atoms with E-state index in [0.29, 0.717) is 0 Å². The molecule has 0 N–H and O–H groups in total. The van der Waals surface area contributed by atoms with Gasteiger partial charge < -0.3 is 0 Å². The van der Waals surface area contributed by atoms with Crippen LogP contribution >= 0.6 is 15.9 Å². The van der Waals surface area contributed by atoms with E-state index in [0.717, 1.165) is 11.0 Å². The van der Waals surface area contributed by atoms with Crippen molar-refractivity contribution in [3.63, 3.8) is 0 Å². The predicted octanol–water partition coefficient (Wildman–Crippen LogP) is 2.90. The molecule has 1 aliphatic heterocycles. The molecule has 2 heterocycles. The number of aliphatic imine (C=N–C) groups is 1. The van der Waals surface area contributed by atoms with Crippen LogP contribution in [0.15, 0.2) is 52.2 Å². The van der Waals surface area contributed by atoms with E-state index in [4.69, 9.17) is 0 Å². The summed E-state index contributed by atoms with van der Waals surface area (Å²) >= 11 is 3.48. The number of aromatic nitrogens is 1. The third kappa shape index (κ3) is 1.55. The molecule has 1 aliphatic rings. The summed E-state index contributed by atoms with van der Waals surface area (Å²) < 4.78 is 3.21. The van der Waals surface area contributed by atoms with Crippen molar-refractivity contribution in [3.05, 3.63) is 47.2 Å². The van der Waals surface area contributed by atoms with Crippen LogP contribution in [0, 0.1) is 0 Å². The molecule has 80 valence electrons. The molecule has 3 rings (SSSR count). The van der Waals surface area contributed by atoms with E-state index in [1.54, 1.807) is 0 Å². The Morgan fingerprint density at radius 1 is 1.25 bits per heavy atom. The van der Waals surface area contributed by atoms with Crippen LogP contribution < -0.4 is 5.01 Å². The van der Waals surface area contributed by atoms with Gasteiger partial charge >= 0.3 is 0 Å². The molecule has 1 aromatic carbocycles. The molecule has 0 saturated carbocycles. The standard InChI is InChI=1S/C12H10BrN3/c13-11-2-3-12-10(8-11)4-7-16(12)15-6-1-5-14-9-15/h1-5,7-9H,6H2. The van der Waals surface area contributed by atoms with Gasteiger partial charge in [-0.2, -0.15) is 0 Å². The van der Waals surface area contributed by atoms with E-state index in [1.807, 2.05) is 18.6 Å². The number of hydrogen-bond donors (Lipinski definition) is 0. The highest BCUT2D eigenvalue weighted by atomic mass is 79.9. The van der Waals surface area contributed by atoms with Crippen molar-refractivity contribution in [2.24, 2.45) is 4.99 Å². The predicted molar refractivity (Wildman–Crippen MR) is 70.4 cm³/mol. The number of nitrogens with zero attached hydrogens (tertiary/aromatic N) is 3. The Balaban J connectivity index is 2.10. The second-order valence-electron chi connectivity index (χ2n) is 3.63. The molecule has 0 saturated heterocycles. The topological polar surface area (TPSA) is 20.5 Å². The third-order valence-corrected chi connectivity index (χ3v) is 3.09. The lowest BCUT2D eigenvalue weighted by Gasteiger charge is -2.21. The zero-order valence-corrected chi connectivity index (χ0v) is 10.1. The average Bonchev–Trinajstić information content (AvgIpc) is 2.73. The number of fused-ring (bicyclic) bond motifs is 1. The minimum absolute atomic E-state index is 0.851. The Morgan fingerprint density at radius 2 is 2.19 bits per heavy atom. The molecule has 0 spiro atoms. The van der Waals surface area contributed by atoms with Crippen molar-refractivity contribution in [1.82, 2.24) is 4.68 Å². The molecule has 3 nitrogen and oxygen atoms in total. The van der Waals surface area contributed by atoms with Gasteiger partial charge in [0.25, 0.3) is 0 Å². The van der Waals surface area contributed by atoms with Crippen LogP contribution in [0.1, 0.15) is 0 Å². The van der Waals surface area contributed by atoms with Gasteiger partial charge in [-0.3, -0.25) is 9.69 Å². The number of rotatable bonds is 1. The van der Waals surface area contributed by atoms with Crippen LogP contribution in [-0.2, 0) is 0 Å². The number of hydrogen-bond acceptors (Lipinski definition) is 2. The van der Waals surface area contributed by atoms with Crippen LogP contribution in [0.2, 0.25) is 0 Å². The highest BCUT2D eigenvalue weighted by molar-refractivity contribution is 9.10. The van der Waals surface area contributed by atoms with E-state index in [2.05, 4.69) is 61.1 Å². The van der Waals surface area contributed by atoms with E-state index in [-0.39, 0.29) is 0 Å². The Morgan fingerprint density at radius 3 is 3.00 bits per heavy atom. The van der Waals surface area contributed by atoms with Gasteiger partial charge in [-0.05, 0) is 30.3 Å². The maximum Gasteiger partial charge on any atom is 0.110 e. The van der Waals surface area contributed by atoms with Crippen molar-refractivity contribution < 1.29 is 0 Å². The van der Waals surface area contributed by atoms with Crippen molar-refractivity contribution >= 4 is 33.2 Å². The van der Waals surface area contributed by atoms with Crippen LogP contribution in [0.5, 0.6) is 0 Å². The molecule has 0 radical (unpaired) electrons. The zero-order chi connectivity index (χ0) is 11.0. The summed E-state index contributed by atoms with van der Waals surface area (Å²) in [6.07, 6.45) is 7.74. The fraction of sp³-hybridized carbons (Fsp3) is 0.0833. The van der Waals surface area contributed by atoms with Gasteiger partial charge in [-0.25, -0.2) is 4.99 Å². The maximum absolute atomic E-state index is 4.13. The van der Waals surface area contributed by atoms with Crippen molar-refractivity contribution in [2.75, 3.05) is 11.6 Å². The average molecular weight is 276 g/mol. The van der Waals surface area contributed by atoms with Gasteiger partial charge in [0, 0.05) is 22.3 Å². The first-order valence-corrected chi connectivity index (χ1v) is 5.86. The van der Waals surface area contributed by atoms with Gasteiger partial charge in [-0.1, -0.05) is 15.9 Å². The summed E-state index contributed by atoms with van der Waals surface area (Å²) in [5.74, 6) is 0. The molecule has 0 unspecified atom stereocenters. The number of halogens is 1. The van der Waals surface area contributed by atoms with Crippen LogP contribution in [0.4, 0.5) is 0 Å². The van der Waals surface area contributed by atoms with E-state index >= 15 is 0 Å². The summed E-state index contributed by atoms with van der Waals surface area (Å²) in [5.41, 5.74) is 1.19. The molecule has 0 amide bonds. The summed E-state index contributed by atoms with van der Waals surface area (Å²) in [6.45, 7) is 0.851. The lowest BCUT2D eigenvalue weighted by Crippen LogP contribution is -2.33. The fourth-order valence-electron chi connectivity index (χ4n) is 1.84. The summed E-state index contributed by atoms with van der Waals surface area (Å²) in [5, 5.41) is 3.29.